The number of carbonyl (C=O) groups excluding carboxylic acids is 1. The van der Waals surface area contributed by atoms with Crippen molar-refractivity contribution in [1.29, 1.82) is 0 Å². The van der Waals surface area contributed by atoms with E-state index in [9.17, 15) is 20.1 Å². The molecule has 1 rings (SSSR count). The van der Waals surface area contributed by atoms with Crippen LogP contribution in [0.3, 0.4) is 0 Å². The van der Waals surface area contributed by atoms with E-state index in [1.54, 1.807) is 0 Å². The number of ether oxygens (including phenoxy) is 1. The van der Waals surface area contributed by atoms with Gasteiger partial charge in [-0.25, -0.2) is 0 Å². The van der Waals surface area contributed by atoms with Gasteiger partial charge in [0.2, 0.25) is 0 Å². The van der Waals surface area contributed by atoms with Crippen LogP contribution in [-0.4, -0.2) is 76.5 Å². The average Bonchev–Trinajstić information content (AvgIpc) is 2.42. The van der Waals surface area contributed by atoms with E-state index in [0.29, 0.717) is 6.42 Å². The quantitative estimate of drug-likeness (QED) is 0.287. The molecule has 1 fully saturated rings. The van der Waals surface area contributed by atoms with Crippen molar-refractivity contribution in [1.82, 2.24) is 5.32 Å². The third-order valence-corrected chi connectivity index (χ3v) is 3.44. The zero-order chi connectivity index (χ0) is 14.6. The number of hydrogen-bond acceptors (Lipinski definition) is 8. The van der Waals surface area contributed by atoms with Gasteiger partial charge in [-0.05, 0) is 12.8 Å². The van der Waals surface area contributed by atoms with Gasteiger partial charge in [-0.3, -0.25) is 4.79 Å². The number of nitrogens with one attached hydrogen (secondary N) is 1. The van der Waals surface area contributed by atoms with Crippen LogP contribution in [0.1, 0.15) is 12.8 Å². The van der Waals surface area contributed by atoms with Crippen molar-refractivity contribution in [2.75, 3.05) is 13.7 Å². The predicted octanol–water partition coefficient (Wildman–Crippen LogP) is -3.32. The molecular weight excluding hydrogens is 256 g/mol. The molecule has 1 heterocycles. The fourth-order valence-corrected chi connectivity index (χ4v) is 2.19. The van der Waals surface area contributed by atoms with E-state index in [1.807, 2.05) is 0 Å². The number of piperidine rings is 1. The topological polar surface area (TPSA) is 145 Å². The maximum atomic E-state index is 11.1. The summed E-state index contributed by atoms with van der Waals surface area (Å²) in [5.74, 6) is -0.551. The molecule has 6 atom stereocenters. The lowest BCUT2D eigenvalue weighted by Crippen LogP contribution is -2.65. The van der Waals surface area contributed by atoms with Crippen LogP contribution < -0.4 is 11.1 Å². The SMILES string of the molecule is COC(=O)[C@@H](N)CC[C@H]1N[C@H](CO)[C@@H](O)[C@H](O)[C@H]1O. The highest BCUT2D eigenvalue weighted by atomic mass is 16.5. The van der Waals surface area contributed by atoms with Gasteiger partial charge in [0.15, 0.2) is 0 Å². The average molecular weight is 278 g/mol. The molecule has 8 nitrogen and oxygen atoms in total. The summed E-state index contributed by atoms with van der Waals surface area (Å²) in [6.45, 7) is -0.371. The molecule has 0 saturated carbocycles. The number of aliphatic hydroxyl groups is 4. The van der Waals surface area contributed by atoms with E-state index in [2.05, 4.69) is 10.1 Å². The number of methoxy groups -OCH3 is 1. The Balaban J connectivity index is 2.55. The normalized spacial score (nSPS) is 36.8. The third kappa shape index (κ3) is 3.85. The summed E-state index contributed by atoms with van der Waals surface area (Å²) in [6.07, 6.45) is -3.23. The summed E-state index contributed by atoms with van der Waals surface area (Å²) >= 11 is 0. The largest absolute Gasteiger partial charge is 0.468 e. The van der Waals surface area contributed by atoms with E-state index in [0.717, 1.165) is 0 Å². The molecule has 0 aromatic rings. The van der Waals surface area contributed by atoms with Gasteiger partial charge in [0, 0.05) is 6.04 Å². The van der Waals surface area contributed by atoms with Gasteiger partial charge in [0.25, 0.3) is 0 Å². The predicted molar refractivity (Wildman–Crippen MR) is 65.0 cm³/mol. The van der Waals surface area contributed by atoms with Crippen molar-refractivity contribution >= 4 is 5.97 Å². The molecule has 0 unspecified atom stereocenters. The Morgan fingerprint density at radius 1 is 1.26 bits per heavy atom. The molecule has 0 aromatic heterocycles. The molecule has 112 valence electrons. The molecule has 0 aliphatic carbocycles. The van der Waals surface area contributed by atoms with Crippen LogP contribution >= 0.6 is 0 Å². The van der Waals surface area contributed by atoms with Gasteiger partial charge < -0.3 is 36.2 Å². The monoisotopic (exact) mass is 278 g/mol. The number of nitrogens with two attached hydrogens (primary N) is 1. The van der Waals surface area contributed by atoms with Crippen LogP contribution in [0.15, 0.2) is 0 Å². The fraction of sp³-hybridized carbons (Fsp3) is 0.909. The number of aliphatic hydroxyl groups excluding tert-OH is 4. The molecule has 0 aromatic carbocycles. The number of rotatable bonds is 5. The van der Waals surface area contributed by atoms with Crippen LogP contribution in [-0.2, 0) is 9.53 Å². The molecule has 0 bridgehead atoms. The summed E-state index contributed by atoms with van der Waals surface area (Å²) in [4.78, 5) is 11.1. The standard InChI is InChI=1S/C11H22N2O6/c1-19-11(18)5(12)2-3-6-8(15)10(17)9(16)7(4-14)13-6/h5-10,13-17H,2-4,12H2,1H3/t5-,6+,7+,8-,9+,10+/m0/s1. The minimum absolute atomic E-state index is 0.252. The van der Waals surface area contributed by atoms with Crippen molar-refractivity contribution in [3.8, 4) is 0 Å². The zero-order valence-electron chi connectivity index (χ0n) is 10.8. The molecule has 7 N–H and O–H groups in total. The highest BCUT2D eigenvalue weighted by Crippen LogP contribution is 2.19. The smallest absolute Gasteiger partial charge is 0.322 e. The first kappa shape index (κ1) is 16.3. The summed E-state index contributed by atoms with van der Waals surface area (Å²) in [7, 11) is 1.23. The number of hydrogen-bond donors (Lipinski definition) is 6. The van der Waals surface area contributed by atoms with Crippen LogP contribution in [0.2, 0.25) is 0 Å². The van der Waals surface area contributed by atoms with Crippen LogP contribution in [0, 0.1) is 0 Å². The number of esters is 1. The van der Waals surface area contributed by atoms with E-state index < -0.39 is 42.4 Å². The van der Waals surface area contributed by atoms with Gasteiger partial charge in [0.1, 0.15) is 12.1 Å². The second kappa shape index (κ2) is 7.13. The van der Waals surface area contributed by atoms with Gasteiger partial charge >= 0.3 is 5.97 Å². The molecule has 1 saturated heterocycles. The van der Waals surface area contributed by atoms with Gasteiger partial charge in [0.05, 0.1) is 32.0 Å². The Labute approximate surface area is 111 Å². The highest BCUT2D eigenvalue weighted by molar-refractivity contribution is 5.75. The molecule has 0 radical (unpaired) electrons. The Morgan fingerprint density at radius 2 is 1.84 bits per heavy atom. The fourth-order valence-electron chi connectivity index (χ4n) is 2.19. The van der Waals surface area contributed by atoms with Gasteiger partial charge in [-0.2, -0.15) is 0 Å². The Hall–Kier alpha value is -0.770. The number of carbonyl (C=O) groups is 1. The maximum absolute atomic E-state index is 11.1. The van der Waals surface area contributed by atoms with Crippen molar-refractivity contribution in [3.05, 3.63) is 0 Å². The van der Waals surface area contributed by atoms with Crippen molar-refractivity contribution in [2.45, 2.75) is 49.3 Å². The summed E-state index contributed by atoms with van der Waals surface area (Å²) in [5.41, 5.74) is 5.57. The first-order chi connectivity index (χ1) is 8.92. The van der Waals surface area contributed by atoms with E-state index in [1.165, 1.54) is 7.11 Å². The van der Waals surface area contributed by atoms with E-state index >= 15 is 0 Å². The molecule has 1 aliphatic heterocycles. The molecule has 0 spiro atoms. The lowest BCUT2D eigenvalue weighted by atomic mass is 9.87. The molecule has 8 heteroatoms. The van der Waals surface area contributed by atoms with Crippen molar-refractivity contribution in [2.24, 2.45) is 5.73 Å². The minimum atomic E-state index is -1.35. The molecular formula is C11H22N2O6. The summed E-state index contributed by atoms with van der Waals surface area (Å²) in [5, 5.41) is 41.0. The summed E-state index contributed by atoms with van der Waals surface area (Å²) in [6, 6.07) is -2.10. The van der Waals surface area contributed by atoms with Gasteiger partial charge in [-0.1, -0.05) is 0 Å². The van der Waals surface area contributed by atoms with Crippen LogP contribution in [0.25, 0.3) is 0 Å². The van der Waals surface area contributed by atoms with Crippen molar-refractivity contribution in [3.63, 3.8) is 0 Å². The molecule has 1 aliphatic rings. The second-order valence-corrected chi connectivity index (χ2v) is 4.74. The molecule has 19 heavy (non-hydrogen) atoms. The Morgan fingerprint density at radius 3 is 2.37 bits per heavy atom. The first-order valence-corrected chi connectivity index (χ1v) is 6.16. The lowest BCUT2D eigenvalue weighted by molar-refractivity contribution is -0.142. The summed E-state index contributed by atoms with van der Waals surface area (Å²) < 4.78 is 4.48. The zero-order valence-corrected chi connectivity index (χ0v) is 10.8. The molecule has 0 amide bonds. The Bertz CT molecular complexity index is 301. The highest BCUT2D eigenvalue weighted by Gasteiger charge is 2.41. The van der Waals surface area contributed by atoms with Crippen LogP contribution in [0.5, 0.6) is 0 Å². The van der Waals surface area contributed by atoms with E-state index in [4.69, 9.17) is 10.8 Å². The van der Waals surface area contributed by atoms with Crippen LogP contribution in [0.4, 0.5) is 0 Å². The minimum Gasteiger partial charge on any atom is -0.468 e. The lowest BCUT2D eigenvalue weighted by Gasteiger charge is -2.41. The second-order valence-electron chi connectivity index (χ2n) is 4.74. The van der Waals surface area contributed by atoms with Gasteiger partial charge in [-0.15, -0.1) is 0 Å². The third-order valence-electron chi connectivity index (χ3n) is 3.44. The van der Waals surface area contributed by atoms with E-state index in [-0.39, 0.29) is 13.0 Å². The Kier molecular flexibility index (Phi) is 6.11. The maximum Gasteiger partial charge on any atom is 0.322 e. The first-order valence-electron chi connectivity index (χ1n) is 6.16. The van der Waals surface area contributed by atoms with Crippen molar-refractivity contribution < 1.29 is 30.0 Å².